The first-order valence-corrected chi connectivity index (χ1v) is 9.34. The van der Waals surface area contributed by atoms with Crippen LogP contribution in [0.5, 0.6) is 0 Å². The Morgan fingerprint density at radius 1 is 1.12 bits per heavy atom. The molecular weight excluding hydrogens is 298 g/mol. The molecule has 0 bridgehead atoms. The van der Waals surface area contributed by atoms with Crippen LogP contribution in [-0.2, 0) is 4.79 Å². The minimum atomic E-state index is 0.295. The zero-order valence-corrected chi connectivity index (χ0v) is 14.2. The lowest BCUT2D eigenvalue weighted by Crippen LogP contribution is -2.46. The lowest BCUT2D eigenvalue weighted by Gasteiger charge is -2.36. The first-order valence-electron chi connectivity index (χ1n) is 9.34. The van der Waals surface area contributed by atoms with E-state index < -0.39 is 0 Å². The van der Waals surface area contributed by atoms with Gasteiger partial charge in [-0.05, 0) is 43.6 Å². The molecule has 24 heavy (non-hydrogen) atoms. The van der Waals surface area contributed by atoms with Crippen molar-refractivity contribution in [2.24, 2.45) is 5.92 Å². The molecule has 3 aliphatic rings. The molecule has 1 amide bonds. The smallest absolute Gasteiger partial charge is 0.249 e. The van der Waals surface area contributed by atoms with Crippen LogP contribution in [0, 0.1) is 5.92 Å². The van der Waals surface area contributed by atoms with Gasteiger partial charge in [-0.2, -0.15) is 0 Å². The highest BCUT2D eigenvalue weighted by molar-refractivity contribution is 5.93. The number of nitrogens with one attached hydrogen (secondary N) is 2. The Balaban J connectivity index is 1.37. The maximum absolute atomic E-state index is 12.5. The van der Waals surface area contributed by atoms with Crippen LogP contribution in [0.3, 0.4) is 0 Å². The summed E-state index contributed by atoms with van der Waals surface area (Å²) < 4.78 is 0. The largest absolute Gasteiger partial charge is 0.339 e. The van der Waals surface area contributed by atoms with E-state index >= 15 is 0 Å². The van der Waals surface area contributed by atoms with Gasteiger partial charge in [0, 0.05) is 37.2 Å². The maximum atomic E-state index is 12.5. The van der Waals surface area contributed by atoms with Crippen molar-refractivity contribution in [1.29, 1.82) is 0 Å². The van der Waals surface area contributed by atoms with Crippen molar-refractivity contribution in [2.75, 3.05) is 19.6 Å². The van der Waals surface area contributed by atoms with E-state index in [9.17, 15) is 4.79 Å². The van der Waals surface area contributed by atoms with Crippen molar-refractivity contribution in [1.82, 2.24) is 15.8 Å². The Labute approximate surface area is 144 Å². The quantitative estimate of drug-likeness (QED) is 0.898. The van der Waals surface area contributed by atoms with E-state index in [0.717, 1.165) is 57.3 Å². The van der Waals surface area contributed by atoms with Gasteiger partial charge in [0.2, 0.25) is 5.91 Å². The van der Waals surface area contributed by atoms with Crippen molar-refractivity contribution in [3.63, 3.8) is 0 Å². The highest BCUT2D eigenvalue weighted by Gasteiger charge is 2.37. The van der Waals surface area contributed by atoms with Gasteiger partial charge < -0.3 is 4.90 Å². The molecule has 2 heterocycles. The summed E-state index contributed by atoms with van der Waals surface area (Å²) in [6.45, 7) is 2.79. The Bertz CT molecular complexity index is 605. The van der Waals surface area contributed by atoms with Crippen molar-refractivity contribution in [3.8, 4) is 0 Å². The molecule has 4 rings (SSSR count). The minimum Gasteiger partial charge on any atom is -0.339 e. The standard InChI is InChI=1S/C20H27N3O/c24-20(17-8-4-5-9-17)23-12-10-16(11-13-23)19-18(14-21-22-19)15-6-2-1-3-7-15/h1-3,6-8,16,18-19,21-22H,4-5,9-14H2. The number of nitrogens with zero attached hydrogens (tertiary/aromatic N) is 1. The second-order valence-electron chi connectivity index (χ2n) is 7.32. The number of allylic oxidation sites excluding steroid dienone is 1. The Morgan fingerprint density at radius 2 is 1.92 bits per heavy atom. The second kappa shape index (κ2) is 7.08. The van der Waals surface area contributed by atoms with Crippen LogP contribution in [0.4, 0.5) is 0 Å². The molecule has 2 unspecified atom stereocenters. The van der Waals surface area contributed by atoms with E-state index in [1.165, 1.54) is 5.56 Å². The molecule has 1 aliphatic carbocycles. The summed E-state index contributed by atoms with van der Waals surface area (Å²) in [5.74, 6) is 1.45. The third-order valence-electron chi connectivity index (χ3n) is 5.90. The Hall–Kier alpha value is -1.65. The van der Waals surface area contributed by atoms with Crippen LogP contribution in [0.15, 0.2) is 42.0 Å². The number of rotatable bonds is 3. The van der Waals surface area contributed by atoms with Gasteiger partial charge in [-0.15, -0.1) is 0 Å². The molecule has 128 valence electrons. The molecule has 0 saturated carbocycles. The number of hydrogen-bond acceptors (Lipinski definition) is 3. The average Bonchev–Trinajstić information content (AvgIpc) is 3.34. The molecular formula is C20H27N3O. The lowest BCUT2D eigenvalue weighted by molar-refractivity contribution is -0.128. The van der Waals surface area contributed by atoms with Crippen LogP contribution in [-0.4, -0.2) is 36.5 Å². The van der Waals surface area contributed by atoms with Gasteiger partial charge in [-0.25, -0.2) is 0 Å². The van der Waals surface area contributed by atoms with Gasteiger partial charge in [-0.3, -0.25) is 15.6 Å². The van der Waals surface area contributed by atoms with Gasteiger partial charge in [-0.1, -0.05) is 36.4 Å². The lowest BCUT2D eigenvalue weighted by atomic mass is 9.80. The summed E-state index contributed by atoms with van der Waals surface area (Å²) in [4.78, 5) is 14.6. The molecule has 2 N–H and O–H groups in total. The van der Waals surface area contributed by atoms with Crippen molar-refractivity contribution in [2.45, 2.75) is 44.1 Å². The van der Waals surface area contributed by atoms with Gasteiger partial charge in [0.05, 0.1) is 0 Å². The predicted molar refractivity (Wildman–Crippen MR) is 95.3 cm³/mol. The van der Waals surface area contributed by atoms with E-state index in [1.54, 1.807) is 0 Å². The van der Waals surface area contributed by atoms with Crippen LogP contribution in [0.1, 0.15) is 43.6 Å². The van der Waals surface area contributed by atoms with Crippen molar-refractivity contribution in [3.05, 3.63) is 47.5 Å². The molecule has 2 fully saturated rings. The second-order valence-corrected chi connectivity index (χ2v) is 7.32. The third-order valence-corrected chi connectivity index (χ3v) is 5.90. The first kappa shape index (κ1) is 15.9. The van der Waals surface area contributed by atoms with Crippen LogP contribution < -0.4 is 10.9 Å². The number of benzene rings is 1. The van der Waals surface area contributed by atoms with Crippen LogP contribution in [0.25, 0.3) is 0 Å². The SMILES string of the molecule is O=C(C1=CCCC1)N1CCC(C2NNCC2c2ccccc2)CC1. The van der Waals surface area contributed by atoms with Crippen LogP contribution in [0.2, 0.25) is 0 Å². The topological polar surface area (TPSA) is 44.4 Å². The molecule has 1 aromatic carbocycles. The molecule has 2 aliphatic heterocycles. The van der Waals surface area contributed by atoms with Crippen molar-refractivity contribution >= 4 is 5.91 Å². The fourth-order valence-corrected chi connectivity index (χ4v) is 4.52. The summed E-state index contributed by atoms with van der Waals surface area (Å²) >= 11 is 0. The first-order chi connectivity index (χ1) is 11.8. The van der Waals surface area contributed by atoms with Crippen LogP contribution >= 0.6 is 0 Å². The van der Waals surface area contributed by atoms with Gasteiger partial charge >= 0.3 is 0 Å². The summed E-state index contributed by atoms with van der Waals surface area (Å²) in [7, 11) is 0. The van der Waals surface area contributed by atoms with E-state index in [1.807, 2.05) is 0 Å². The summed E-state index contributed by atoms with van der Waals surface area (Å²) in [6, 6.07) is 11.3. The van der Waals surface area contributed by atoms with E-state index in [0.29, 0.717) is 23.8 Å². The molecule has 0 radical (unpaired) electrons. The van der Waals surface area contributed by atoms with Crippen molar-refractivity contribution < 1.29 is 4.79 Å². The van der Waals surface area contributed by atoms with Gasteiger partial charge in [0.15, 0.2) is 0 Å². The minimum absolute atomic E-state index is 0.295. The molecule has 0 spiro atoms. The molecule has 4 heteroatoms. The van der Waals surface area contributed by atoms with E-state index in [4.69, 9.17) is 0 Å². The maximum Gasteiger partial charge on any atom is 0.249 e. The number of hydrazine groups is 1. The summed E-state index contributed by atoms with van der Waals surface area (Å²) in [6.07, 6.45) is 7.54. The summed E-state index contributed by atoms with van der Waals surface area (Å²) in [5.41, 5.74) is 9.33. The number of hydrogen-bond donors (Lipinski definition) is 2. The number of carbonyl (C=O) groups excluding carboxylic acids is 1. The van der Waals surface area contributed by atoms with Gasteiger partial charge in [0.1, 0.15) is 0 Å². The zero-order chi connectivity index (χ0) is 16.4. The van der Waals surface area contributed by atoms with E-state index in [-0.39, 0.29) is 0 Å². The highest BCUT2D eigenvalue weighted by Crippen LogP contribution is 2.33. The number of carbonyl (C=O) groups is 1. The van der Waals surface area contributed by atoms with E-state index in [2.05, 4.69) is 52.2 Å². The predicted octanol–water partition coefficient (Wildman–Crippen LogP) is 2.60. The fourth-order valence-electron chi connectivity index (χ4n) is 4.52. The fraction of sp³-hybridized carbons (Fsp3) is 0.550. The molecule has 1 aromatic rings. The summed E-state index contributed by atoms with van der Waals surface area (Å²) in [5, 5.41) is 0. The molecule has 0 aromatic heterocycles. The van der Waals surface area contributed by atoms with Gasteiger partial charge in [0.25, 0.3) is 0 Å². The monoisotopic (exact) mass is 325 g/mol. The zero-order valence-electron chi connectivity index (χ0n) is 14.2. The Morgan fingerprint density at radius 3 is 2.62 bits per heavy atom. The molecule has 2 atom stereocenters. The number of likely N-dealkylation sites (tertiary alicyclic amines) is 1. The average molecular weight is 325 g/mol. The number of amides is 1. The third kappa shape index (κ3) is 3.13. The normalized spacial score (nSPS) is 28.2. The molecule has 2 saturated heterocycles. The molecule has 4 nitrogen and oxygen atoms in total. The Kier molecular flexibility index (Phi) is 4.67. The highest BCUT2D eigenvalue weighted by atomic mass is 16.2. The number of piperidine rings is 1.